The smallest absolute Gasteiger partial charge is 0.306 e. The van der Waals surface area contributed by atoms with Gasteiger partial charge in [-0.3, -0.25) is 14.4 Å². The highest BCUT2D eigenvalue weighted by Gasteiger charge is 2.19. The van der Waals surface area contributed by atoms with Gasteiger partial charge in [0.1, 0.15) is 13.2 Å². The maximum atomic E-state index is 12.6. The molecule has 0 aromatic heterocycles. The van der Waals surface area contributed by atoms with Crippen LogP contribution in [0.2, 0.25) is 0 Å². The van der Waals surface area contributed by atoms with E-state index in [1.165, 1.54) is 128 Å². The van der Waals surface area contributed by atoms with Gasteiger partial charge < -0.3 is 14.2 Å². The molecular formula is C44H84O6. The minimum atomic E-state index is -0.757. The summed E-state index contributed by atoms with van der Waals surface area (Å²) in [6, 6.07) is 0. The predicted molar refractivity (Wildman–Crippen MR) is 210 cm³/mol. The van der Waals surface area contributed by atoms with Crippen LogP contribution in [0.5, 0.6) is 0 Å². The zero-order valence-electron chi connectivity index (χ0n) is 33.9. The van der Waals surface area contributed by atoms with Gasteiger partial charge in [0, 0.05) is 19.3 Å². The molecule has 296 valence electrons. The molecule has 50 heavy (non-hydrogen) atoms. The highest BCUT2D eigenvalue weighted by molar-refractivity contribution is 5.71. The van der Waals surface area contributed by atoms with Gasteiger partial charge in [0.15, 0.2) is 6.10 Å². The van der Waals surface area contributed by atoms with E-state index in [-0.39, 0.29) is 31.1 Å². The second kappa shape index (κ2) is 38.6. The number of esters is 3. The Morgan fingerprint density at radius 1 is 0.380 bits per heavy atom. The molecule has 0 aliphatic carbocycles. The summed E-state index contributed by atoms with van der Waals surface area (Å²) in [4.78, 5) is 37.4. The zero-order chi connectivity index (χ0) is 36.8. The molecule has 0 aromatic rings. The van der Waals surface area contributed by atoms with Crippen molar-refractivity contribution in [1.29, 1.82) is 0 Å². The molecule has 0 heterocycles. The van der Waals surface area contributed by atoms with Gasteiger partial charge in [0.25, 0.3) is 0 Å². The zero-order valence-corrected chi connectivity index (χ0v) is 33.9. The standard InChI is InChI=1S/C44H84O6/c1-5-7-9-11-12-13-14-15-16-17-22-25-29-33-37-44(47)50-41(38-48-42(45)35-31-26-10-8-6-2)39-49-43(46)36-32-28-24-21-19-18-20-23-27-30-34-40(3)4/h40-41H,5-39H2,1-4H3/t41-/m1/s1. The number of hydrogen-bond acceptors (Lipinski definition) is 6. The molecule has 0 bridgehead atoms. The molecule has 0 saturated carbocycles. The van der Waals surface area contributed by atoms with E-state index < -0.39 is 6.10 Å². The van der Waals surface area contributed by atoms with Gasteiger partial charge in [-0.15, -0.1) is 0 Å². The largest absolute Gasteiger partial charge is 0.462 e. The van der Waals surface area contributed by atoms with E-state index in [1.807, 2.05) is 0 Å². The number of hydrogen-bond donors (Lipinski definition) is 0. The lowest BCUT2D eigenvalue weighted by molar-refractivity contribution is -0.167. The molecule has 0 aromatic carbocycles. The third kappa shape index (κ3) is 37.7. The SMILES string of the molecule is CCCCCCCCCCCCCCCCC(=O)O[C@H](COC(=O)CCCCCCC)COC(=O)CCCCCCCCCCCCC(C)C. The van der Waals surface area contributed by atoms with E-state index in [2.05, 4.69) is 27.7 Å². The van der Waals surface area contributed by atoms with Crippen molar-refractivity contribution in [2.24, 2.45) is 5.92 Å². The van der Waals surface area contributed by atoms with Crippen LogP contribution in [-0.4, -0.2) is 37.2 Å². The van der Waals surface area contributed by atoms with E-state index in [4.69, 9.17) is 14.2 Å². The van der Waals surface area contributed by atoms with E-state index in [1.54, 1.807) is 0 Å². The molecule has 6 nitrogen and oxygen atoms in total. The average Bonchev–Trinajstić information content (AvgIpc) is 3.09. The third-order valence-corrected chi connectivity index (χ3v) is 9.79. The summed E-state index contributed by atoms with van der Waals surface area (Å²) in [7, 11) is 0. The first-order valence-electron chi connectivity index (χ1n) is 21.9. The van der Waals surface area contributed by atoms with Gasteiger partial charge >= 0.3 is 17.9 Å². The van der Waals surface area contributed by atoms with Gasteiger partial charge in [-0.1, -0.05) is 201 Å². The molecule has 0 unspecified atom stereocenters. The Bertz CT molecular complexity index is 751. The Labute approximate surface area is 310 Å². The topological polar surface area (TPSA) is 78.9 Å². The average molecular weight is 709 g/mol. The number of rotatable bonds is 39. The van der Waals surface area contributed by atoms with E-state index in [0.29, 0.717) is 19.3 Å². The van der Waals surface area contributed by atoms with Crippen molar-refractivity contribution in [3.8, 4) is 0 Å². The molecule has 0 amide bonds. The maximum Gasteiger partial charge on any atom is 0.306 e. The van der Waals surface area contributed by atoms with Crippen molar-refractivity contribution in [3.63, 3.8) is 0 Å². The van der Waals surface area contributed by atoms with Crippen LogP contribution in [-0.2, 0) is 28.6 Å². The highest BCUT2D eigenvalue weighted by Crippen LogP contribution is 2.16. The second-order valence-electron chi connectivity index (χ2n) is 15.5. The lowest BCUT2D eigenvalue weighted by atomic mass is 10.0. The quantitative estimate of drug-likeness (QED) is 0.0359. The molecule has 0 fully saturated rings. The summed E-state index contributed by atoms with van der Waals surface area (Å²) in [6.07, 6.45) is 36.8. The van der Waals surface area contributed by atoms with Crippen LogP contribution in [0.1, 0.15) is 240 Å². The summed E-state index contributed by atoms with van der Waals surface area (Å²) in [6.45, 7) is 8.90. The molecule has 0 N–H and O–H groups in total. The fraction of sp³-hybridized carbons (Fsp3) is 0.932. The Morgan fingerprint density at radius 2 is 0.660 bits per heavy atom. The molecule has 0 saturated heterocycles. The van der Waals surface area contributed by atoms with Crippen molar-refractivity contribution in [2.45, 2.75) is 246 Å². The molecule has 0 spiro atoms. The van der Waals surface area contributed by atoms with E-state index in [0.717, 1.165) is 70.1 Å². The molecule has 6 heteroatoms. The predicted octanol–water partition coefficient (Wildman–Crippen LogP) is 13.6. The fourth-order valence-electron chi connectivity index (χ4n) is 6.45. The monoisotopic (exact) mass is 709 g/mol. The van der Waals surface area contributed by atoms with Crippen LogP contribution in [0.4, 0.5) is 0 Å². The van der Waals surface area contributed by atoms with Crippen molar-refractivity contribution in [1.82, 2.24) is 0 Å². The molecule has 0 aliphatic heterocycles. The van der Waals surface area contributed by atoms with E-state index in [9.17, 15) is 14.4 Å². The molecule has 0 radical (unpaired) electrons. The third-order valence-electron chi connectivity index (χ3n) is 9.79. The van der Waals surface area contributed by atoms with Crippen LogP contribution in [0.25, 0.3) is 0 Å². The van der Waals surface area contributed by atoms with Crippen molar-refractivity contribution in [3.05, 3.63) is 0 Å². The normalized spacial score (nSPS) is 11.9. The first-order valence-corrected chi connectivity index (χ1v) is 21.9. The number of unbranched alkanes of at least 4 members (excludes halogenated alkanes) is 26. The van der Waals surface area contributed by atoms with Gasteiger partial charge in [-0.2, -0.15) is 0 Å². The Morgan fingerprint density at radius 3 is 0.980 bits per heavy atom. The van der Waals surface area contributed by atoms with Crippen LogP contribution in [0.3, 0.4) is 0 Å². The van der Waals surface area contributed by atoms with Gasteiger partial charge in [-0.05, 0) is 25.2 Å². The summed E-state index contributed by atoms with van der Waals surface area (Å²) in [5.41, 5.74) is 0. The number of carbonyl (C=O) groups excluding carboxylic acids is 3. The molecule has 0 rings (SSSR count). The highest BCUT2D eigenvalue weighted by atomic mass is 16.6. The van der Waals surface area contributed by atoms with Crippen LogP contribution >= 0.6 is 0 Å². The first-order chi connectivity index (χ1) is 24.4. The maximum absolute atomic E-state index is 12.6. The number of ether oxygens (including phenoxy) is 3. The van der Waals surface area contributed by atoms with Gasteiger partial charge in [0.05, 0.1) is 0 Å². The van der Waals surface area contributed by atoms with Crippen LogP contribution < -0.4 is 0 Å². The molecule has 0 aliphatic rings. The summed E-state index contributed by atoms with van der Waals surface area (Å²) >= 11 is 0. The summed E-state index contributed by atoms with van der Waals surface area (Å²) in [5.74, 6) is -0.0519. The van der Waals surface area contributed by atoms with Crippen molar-refractivity contribution < 1.29 is 28.6 Å². The van der Waals surface area contributed by atoms with E-state index >= 15 is 0 Å². The summed E-state index contributed by atoms with van der Waals surface area (Å²) < 4.78 is 16.6. The van der Waals surface area contributed by atoms with Gasteiger partial charge in [-0.25, -0.2) is 0 Å². The second-order valence-corrected chi connectivity index (χ2v) is 15.5. The van der Waals surface area contributed by atoms with Crippen molar-refractivity contribution in [2.75, 3.05) is 13.2 Å². The minimum absolute atomic E-state index is 0.0652. The van der Waals surface area contributed by atoms with Crippen molar-refractivity contribution >= 4 is 17.9 Å². The molecule has 1 atom stereocenters. The Hall–Kier alpha value is -1.59. The Kier molecular flexibility index (Phi) is 37.4. The van der Waals surface area contributed by atoms with Crippen LogP contribution in [0.15, 0.2) is 0 Å². The molecular weight excluding hydrogens is 624 g/mol. The van der Waals surface area contributed by atoms with Crippen LogP contribution in [0, 0.1) is 5.92 Å². The minimum Gasteiger partial charge on any atom is -0.462 e. The lowest BCUT2D eigenvalue weighted by Crippen LogP contribution is -2.30. The lowest BCUT2D eigenvalue weighted by Gasteiger charge is -2.18. The number of carbonyl (C=O) groups is 3. The Balaban J connectivity index is 4.21. The fourth-order valence-corrected chi connectivity index (χ4v) is 6.45. The first kappa shape index (κ1) is 48.4. The summed E-state index contributed by atoms with van der Waals surface area (Å²) in [5, 5.41) is 0. The van der Waals surface area contributed by atoms with Gasteiger partial charge in [0.2, 0.25) is 0 Å².